The van der Waals surface area contributed by atoms with Crippen molar-refractivity contribution < 1.29 is 4.79 Å². The van der Waals surface area contributed by atoms with E-state index in [1.165, 1.54) is 17.3 Å². The lowest BCUT2D eigenvalue weighted by atomic mass is 10.2. The highest BCUT2D eigenvalue weighted by atomic mass is 32.2. The summed E-state index contributed by atoms with van der Waals surface area (Å²) in [4.78, 5) is 12.0. The zero-order chi connectivity index (χ0) is 17.6. The van der Waals surface area contributed by atoms with Crippen molar-refractivity contribution in [3.63, 3.8) is 0 Å². The lowest BCUT2D eigenvalue weighted by Crippen LogP contribution is -2.12. The van der Waals surface area contributed by atoms with Crippen LogP contribution in [0.25, 0.3) is 5.69 Å². The van der Waals surface area contributed by atoms with E-state index in [9.17, 15) is 4.79 Å². The van der Waals surface area contributed by atoms with Gasteiger partial charge in [0.25, 0.3) is 0 Å². The van der Waals surface area contributed by atoms with Crippen LogP contribution in [0.4, 0.5) is 5.69 Å². The molecule has 0 unspecified atom stereocenters. The topological polar surface area (TPSA) is 72.7 Å². The van der Waals surface area contributed by atoms with E-state index in [4.69, 9.17) is 0 Å². The average molecular weight is 353 g/mol. The number of hydrogen-bond donors (Lipinski definition) is 1. The zero-order valence-electron chi connectivity index (χ0n) is 14.1. The minimum Gasteiger partial charge on any atom is -0.326 e. The molecule has 128 valence electrons. The molecule has 1 aromatic heterocycles. The number of anilines is 1. The molecule has 25 heavy (non-hydrogen) atoms. The van der Waals surface area contributed by atoms with E-state index in [1.807, 2.05) is 62.4 Å². The van der Waals surface area contributed by atoms with Crippen LogP contribution in [0.15, 0.2) is 53.7 Å². The van der Waals surface area contributed by atoms with E-state index < -0.39 is 0 Å². The third-order valence-corrected chi connectivity index (χ3v) is 4.54. The first-order valence-electron chi connectivity index (χ1n) is 7.96. The second kappa shape index (κ2) is 7.94. The van der Waals surface area contributed by atoms with Gasteiger partial charge in [-0.05, 0) is 48.5 Å². The molecule has 0 aliphatic rings. The van der Waals surface area contributed by atoms with Gasteiger partial charge >= 0.3 is 0 Å². The monoisotopic (exact) mass is 353 g/mol. The quantitative estimate of drug-likeness (QED) is 0.688. The van der Waals surface area contributed by atoms with E-state index in [0.717, 1.165) is 16.9 Å². The van der Waals surface area contributed by atoms with Crippen molar-refractivity contribution in [3.8, 4) is 5.69 Å². The molecule has 0 aliphatic carbocycles. The van der Waals surface area contributed by atoms with Crippen molar-refractivity contribution in [2.45, 2.75) is 25.4 Å². The van der Waals surface area contributed by atoms with Crippen molar-refractivity contribution >= 4 is 23.4 Å². The maximum absolute atomic E-state index is 12.0. The molecule has 0 bridgehead atoms. The number of benzene rings is 2. The van der Waals surface area contributed by atoms with Gasteiger partial charge in [0.2, 0.25) is 11.1 Å². The van der Waals surface area contributed by atoms with Gasteiger partial charge < -0.3 is 5.32 Å². The first-order chi connectivity index (χ1) is 12.1. The minimum atomic E-state index is -0.0225. The van der Waals surface area contributed by atoms with Crippen LogP contribution in [0.1, 0.15) is 17.5 Å². The van der Waals surface area contributed by atoms with Gasteiger partial charge in [0.1, 0.15) is 0 Å². The van der Waals surface area contributed by atoms with E-state index in [2.05, 4.69) is 20.8 Å². The Morgan fingerprint density at radius 2 is 1.68 bits per heavy atom. The highest BCUT2D eigenvalue weighted by molar-refractivity contribution is 7.99. The molecule has 6 nitrogen and oxygen atoms in total. The summed E-state index contributed by atoms with van der Waals surface area (Å²) in [7, 11) is 0. The second-order valence-corrected chi connectivity index (χ2v) is 6.78. The lowest BCUT2D eigenvalue weighted by Gasteiger charge is -2.06. The van der Waals surface area contributed by atoms with Gasteiger partial charge in [-0.15, -0.1) is 5.10 Å². The Balaban J connectivity index is 1.54. The van der Waals surface area contributed by atoms with Crippen LogP contribution in [0.5, 0.6) is 0 Å². The number of carbonyl (C=O) groups is 1. The molecule has 0 aliphatic heterocycles. The van der Waals surface area contributed by atoms with Gasteiger partial charge in [-0.1, -0.05) is 47.2 Å². The third-order valence-electron chi connectivity index (χ3n) is 3.62. The van der Waals surface area contributed by atoms with Crippen LogP contribution in [-0.4, -0.2) is 31.9 Å². The summed E-state index contributed by atoms with van der Waals surface area (Å²) < 4.78 is 1.68. The maximum atomic E-state index is 12.0. The number of aromatic nitrogens is 4. The predicted molar refractivity (Wildman–Crippen MR) is 99.0 cm³/mol. The van der Waals surface area contributed by atoms with Gasteiger partial charge in [-0.3, -0.25) is 4.79 Å². The molecule has 0 saturated heterocycles. The summed E-state index contributed by atoms with van der Waals surface area (Å²) in [5.41, 5.74) is 4.06. The number of thioether (sulfide) groups is 1. The number of amides is 1. The van der Waals surface area contributed by atoms with E-state index >= 15 is 0 Å². The first kappa shape index (κ1) is 17.2. The van der Waals surface area contributed by atoms with Crippen molar-refractivity contribution in [3.05, 3.63) is 59.7 Å². The molecule has 0 radical (unpaired) electrons. The fraction of sp³-hybridized carbons (Fsp3) is 0.222. The van der Waals surface area contributed by atoms with Crippen LogP contribution in [0.3, 0.4) is 0 Å². The molecule has 0 fully saturated rings. The number of tetrazole rings is 1. The molecule has 1 amide bonds. The Kier molecular flexibility index (Phi) is 5.45. The maximum Gasteiger partial charge on any atom is 0.225 e. The Hall–Kier alpha value is -2.67. The minimum absolute atomic E-state index is 0.0225. The molecule has 0 atom stereocenters. The lowest BCUT2D eigenvalue weighted by molar-refractivity contribution is -0.115. The molecule has 1 heterocycles. The van der Waals surface area contributed by atoms with Gasteiger partial charge in [-0.25, -0.2) is 0 Å². The van der Waals surface area contributed by atoms with E-state index in [-0.39, 0.29) is 5.91 Å². The number of hydrogen-bond acceptors (Lipinski definition) is 5. The molecule has 2 aromatic carbocycles. The molecule has 3 rings (SSSR count). The normalized spacial score (nSPS) is 10.6. The van der Waals surface area contributed by atoms with Gasteiger partial charge in [-0.2, -0.15) is 4.68 Å². The van der Waals surface area contributed by atoms with Crippen LogP contribution in [0, 0.1) is 13.8 Å². The number of aryl methyl sites for hydroxylation is 2. The first-order valence-corrected chi connectivity index (χ1v) is 8.95. The molecule has 7 heteroatoms. The Bertz CT molecular complexity index is 843. The van der Waals surface area contributed by atoms with Gasteiger partial charge in [0.05, 0.1) is 5.69 Å². The second-order valence-electron chi connectivity index (χ2n) is 5.72. The number of rotatable bonds is 6. The van der Waals surface area contributed by atoms with Gasteiger partial charge in [0, 0.05) is 17.9 Å². The average Bonchev–Trinajstić information content (AvgIpc) is 3.06. The highest BCUT2D eigenvalue weighted by Gasteiger charge is 2.10. The Morgan fingerprint density at radius 1 is 1.04 bits per heavy atom. The summed E-state index contributed by atoms with van der Waals surface area (Å²) in [6.07, 6.45) is 0.388. The SMILES string of the molecule is Cc1ccc(NC(=O)CCSc2nnnn2-c2ccc(C)cc2)cc1. The summed E-state index contributed by atoms with van der Waals surface area (Å²) in [5.74, 6) is 0.579. The Labute approximate surface area is 150 Å². The molecule has 0 spiro atoms. The zero-order valence-corrected chi connectivity index (χ0v) is 15.0. The molecule has 3 aromatic rings. The Morgan fingerprint density at radius 3 is 2.36 bits per heavy atom. The van der Waals surface area contributed by atoms with Crippen LogP contribution < -0.4 is 5.32 Å². The van der Waals surface area contributed by atoms with E-state index in [0.29, 0.717) is 17.3 Å². The molecular formula is C18H19N5OS. The largest absolute Gasteiger partial charge is 0.326 e. The van der Waals surface area contributed by atoms with Crippen LogP contribution in [-0.2, 0) is 4.79 Å². The summed E-state index contributed by atoms with van der Waals surface area (Å²) in [6, 6.07) is 15.7. The standard InChI is InChI=1S/C18H19N5OS/c1-13-3-7-15(8-4-13)19-17(24)11-12-25-18-20-21-22-23(18)16-9-5-14(2)6-10-16/h3-10H,11-12H2,1-2H3,(H,19,24). The van der Waals surface area contributed by atoms with Crippen LogP contribution in [0.2, 0.25) is 0 Å². The van der Waals surface area contributed by atoms with Crippen molar-refractivity contribution in [2.24, 2.45) is 0 Å². The fourth-order valence-electron chi connectivity index (χ4n) is 2.21. The molecule has 0 saturated carbocycles. The number of nitrogens with zero attached hydrogens (tertiary/aromatic N) is 4. The highest BCUT2D eigenvalue weighted by Crippen LogP contribution is 2.19. The van der Waals surface area contributed by atoms with Crippen molar-refractivity contribution in [1.29, 1.82) is 0 Å². The number of carbonyl (C=O) groups excluding carboxylic acids is 1. The molecular weight excluding hydrogens is 334 g/mol. The summed E-state index contributed by atoms with van der Waals surface area (Å²) >= 11 is 1.46. The summed E-state index contributed by atoms with van der Waals surface area (Å²) in [6.45, 7) is 4.05. The third kappa shape index (κ3) is 4.67. The van der Waals surface area contributed by atoms with Crippen LogP contribution >= 0.6 is 11.8 Å². The fourth-order valence-corrected chi connectivity index (χ4v) is 3.04. The summed E-state index contributed by atoms with van der Waals surface area (Å²) in [5, 5.41) is 15.4. The van der Waals surface area contributed by atoms with Crippen molar-refractivity contribution in [2.75, 3.05) is 11.1 Å². The smallest absolute Gasteiger partial charge is 0.225 e. The van der Waals surface area contributed by atoms with E-state index in [1.54, 1.807) is 4.68 Å². The number of nitrogens with one attached hydrogen (secondary N) is 1. The van der Waals surface area contributed by atoms with Gasteiger partial charge in [0.15, 0.2) is 0 Å². The van der Waals surface area contributed by atoms with Crippen molar-refractivity contribution in [1.82, 2.24) is 20.2 Å². The predicted octanol–water partition coefficient (Wildman–Crippen LogP) is 3.40. The molecule has 1 N–H and O–H groups in total.